The van der Waals surface area contributed by atoms with E-state index < -0.39 is 10.8 Å². The Bertz CT molecular complexity index is 746. The van der Waals surface area contributed by atoms with Gasteiger partial charge in [-0.2, -0.15) is 0 Å². The fourth-order valence-electron chi connectivity index (χ4n) is 2.83. The number of carbonyl (C=O) groups excluding carboxylic acids is 1. The van der Waals surface area contributed by atoms with Gasteiger partial charge < -0.3 is 4.90 Å². The highest BCUT2D eigenvalue weighted by Gasteiger charge is 2.16. The number of unbranched alkanes of at least 4 members (excludes halogenated alkanes) is 2. The van der Waals surface area contributed by atoms with Crippen LogP contribution in [-0.2, 0) is 23.1 Å². The number of amides is 1. The Morgan fingerprint density at radius 2 is 1.81 bits per heavy atom. The van der Waals surface area contributed by atoms with Crippen molar-refractivity contribution < 1.29 is 13.4 Å². The van der Waals surface area contributed by atoms with Crippen molar-refractivity contribution in [3.05, 3.63) is 71.0 Å². The van der Waals surface area contributed by atoms with E-state index in [0.29, 0.717) is 24.4 Å². The van der Waals surface area contributed by atoms with E-state index in [-0.39, 0.29) is 11.7 Å². The Kier molecular flexibility index (Phi) is 7.98. The summed E-state index contributed by atoms with van der Waals surface area (Å²) in [5, 5.41) is 0. The minimum Gasteiger partial charge on any atom is -0.334 e. The van der Waals surface area contributed by atoms with E-state index in [0.717, 1.165) is 30.4 Å². The molecule has 0 heterocycles. The lowest BCUT2D eigenvalue weighted by molar-refractivity contribution is 0.0740. The molecule has 0 saturated carbocycles. The van der Waals surface area contributed by atoms with Crippen molar-refractivity contribution in [2.75, 3.05) is 12.8 Å². The molecule has 0 aromatic heterocycles. The Balaban J connectivity index is 2.18. The van der Waals surface area contributed by atoms with Crippen LogP contribution in [0.15, 0.2) is 48.5 Å². The molecule has 2 aromatic carbocycles. The molecule has 0 radical (unpaired) electrons. The lowest BCUT2D eigenvalue weighted by Gasteiger charge is -2.23. The molecule has 0 aliphatic heterocycles. The minimum atomic E-state index is -0.949. The van der Waals surface area contributed by atoms with Gasteiger partial charge in [0.25, 0.3) is 5.91 Å². The van der Waals surface area contributed by atoms with Crippen LogP contribution < -0.4 is 0 Å². The molecule has 0 spiro atoms. The summed E-state index contributed by atoms with van der Waals surface area (Å²) in [5.41, 5.74) is 2.40. The molecule has 26 heavy (non-hydrogen) atoms. The number of hydrogen-bond acceptors (Lipinski definition) is 2. The third kappa shape index (κ3) is 6.37. The van der Waals surface area contributed by atoms with Crippen LogP contribution in [0, 0.1) is 5.82 Å². The van der Waals surface area contributed by atoms with Crippen molar-refractivity contribution in [1.29, 1.82) is 0 Å². The second kappa shape index (κ2) is 10.2. The summed E-state index contributed by atoms with van der Waals surface area (Å²) in [6.07, 6.45) is 4.72. The molecule has 0 aliphatic carbocycles. The molecular weight excluding hydrogens is 349 g/mol. The third-order valence-corrected chi connectivity index (χ3v) is 4.89. The van der Waals surface area contributed by atoms with Gasteiger partial charge in [0.15, 0.2) is 0 Å². The molecule has 0 saturated heterocycles. The first kappa shape index (κ1) is 20.3. The summed E-state index contributed by atoms with van der Waals surface area (Å²) in [7, 11) is -0.949. The molecule has 2 rings (SSSR count). The number of halogens is 1. The highest BCUT2D eigenvalue weighted by molar-refractivity contribution is 7.83. The molecule has 0 N–H and O–H groups in total. The molecule has 0 bridgehead atoms. The van der Waals surface area contributed by atoms with Gasteiger partial charge in [0.05, 0.1) is 0 Å². The molecule has 3 nitrogen and oxygen atoms in total. The van der Waals surface area contributed by atoms with E-state index in [4.69, 9.17) is 0 Å². The van der Waals surface area contributed by atoms with Crippen LogP contribution in [0.4, 0.5) is 4.39 Å². The second-order valence-corrected chi connectivity index (χ2v) is 7.91. The van der Waals surface area contributed by atoms with Gasteiger partial charge in [-0.1, -0.05) is 44.0 Å². The van der Waals surface area contributed by atoms with Crippen LogP contribution in [0.5, 0.6) is 0 Å². The van der Waals surface area contributed by atoms with Gasteiger partial charge in [-0.05, 0) is 41.8 Å². The van der Waals surface area contributed by atoms with Gasteiger partial charge in [0, 0.05) is 41.5 Å². The van der Waals surface area contributed by atoms with Crippen LogP contribution in [-0.4, -0.2) is 27.8 Å². The summed E-state index contributed by atoms with van der Waals surface area (Å²) in [4.78, 5) is 14.8. The summed E-state index contributed by atoms with van der Waals surface area (Å²) in [5.74, 6) is 0.113. The highest BCUT2D eigenvalue weighted by atomic mass is 32.2. The maximum absolute atomic E-state index is 13.1. The van der Waals surface area contributed by atoms with Crippen LogP contribution in [0.3, 0.4) is 0 Å². The van der Waals surface area contributed by atoms with Gasteiger partial charge in [-0.25, -0.2) is 4.39 Å². The minimum absolute atomic E-state index is 0.0471. The van der Waals surface area contributed by atoms with Crippen molar-refractivity contribution in [2.24, 2.45) is 0 Å². The topological polar surface area (TPSA) is 37.4 Å². The fourth-order valence-corrected chi connectivity index (χ4v) is 3.48. The first-order valence-corrected chi connectivity index (χ1v) is 10.6. The van der Waals surface area contributed by atoms with Crippen molar-refractivity contribution in [2.45, 2.75) is 38.5 Å². The van der Waals surface area contributed by atoms with Crippen LogP contribution >= 0.6 is 0 Å². The Morgan fingerprint density at radius 1 is 1.08 bits per heavy atom. The predicted octanol–water partition coefficient (Wildman–Crippen LogP) is 4.54. The Morgan fingerprint density at radius 3 is 2.46 bits per heavy atom. The fraction of sp³-hybridized carbons (Fsp3) is 0.381. The zero-order chi connectivity index (χ0) is 18.9. The molecule has 1 atom stereocenters. The van der Waals surface area contributed by atoms with E-state index >= 15 is 0 Å². The van der Waals surface area contributed by atoms with Crippen molar-refractivity contribution in [3.63, 3.8) is 0 Å². The number of rotatable bonds is 9. The number of benzene rings is 2. The summed E-state index contributed by atoms with van der Waals surface area (Å²) in [6.45, 7) is 3.24. The Hall–Kier alpha value is -2.01. The molecular formula is C21H26FNO2S. The molecule has 0 fully saturated rings. The largest absolute Gasteiger partial charge is 0.334 e. The molecule has 2 aromatic rings. The van der Waals surface area contributed by atoms with Gasteiger partial charge in [0.2, 0.25) is 0 Å². The number of carbonyl (C=O) groups is 1. The zero-order valence-corrected chi connectivity index (χ0v) is 16.2. The number of hydrogen-bond donors (Lipinski definition) is 0. The monoisotopic (exact) mass is 375 g/mol. The molecule has 0 aliphatic rings. The summed E-state index contributed by atoms with van der Waals surface area (Å²) in [6, 6.07) is 13.6. The zero-order valence-electron chi connectivity index (χ0n) is 15.4. The first-order chi connectivity index (χ1) is 12.5. The van der Waals surface area contributed by atoms with E-state index in [2.05, 4.69) is 6.92 Å². The normalized spacial score (nSPS) is 12.0. The van der Waals surface area contributed by atoms with Crippen molar-refractivity contribution >= 4 is 16.7 Å². The van der Waals surface area contributed by atoms with Gasteiger partial charge >= 0.3 is 0 Å². The average Bonchev–Trinajstić information content (AvgIpc) is 2.62. The lowest BCUT2D eigenvalue weighted by atomic mass is 10.1. The first-order valence-electron chi connectivity index (χ1n) is 8.92. The van der Waals surface area contributed by atoms with Crippen LogP contribution in [0.25, 0.3) is 0 Å². The van der Waals surface area contributed by atoms with E-state index in [9.17, 15) is 13.4 Å². The average molecular weight is 376 g/mol. The number of nitrogens with zero attached hydrogens (tertiary/aromatic N) is 1. The molecule has 5 heteroatoms. The Labute approximate surface area is 157 Å². The maximum Gasteiger partial charge on any atom is 0.254 e. The van der Waals surface area contributed by atoms with Gasteiger partial charge in [-0.3, -0.25) is 9.00 Å². The summed E-state index contributed by atoms with van der Waals surface area (Å²) >= 11 is 0. The lowest BCUT2D eigenvalue weighted by Crippen LogP contribution is -2.31. The summed E-state index contributed by atoms with van der Waals surface area (Å²) < 4.78 is 24.6. The van der Waals surface area contributed by atoms with Gasteiger partial charge in [-0.15, -0.1) is 0 Å². The third-order valence-electron chi connectivity index (χ3n) is 4.15. The predicted molar refractivity (Wildman–Crippen MR) is 105 cm³/mol. The van der Waals surface area contributed by atoms with Crippen LogP contribution in [0.1, 0.15) is 47.7 Å². The standard InChI is InChI=1S/C21H26FNO2S/c1-3-4-5-13-23(15-17-9-11-20(22)12-10-17)21(24)19-8-6-7-18(14-19)16-26(2)25/h6-12,14H,3-5,13,15-16H2,1-2H3. The van der Waals surface area contributed by atoms with E-state index in [1.165, 1.54) is 12.1 Å². The second-order valence-electron chi connectivity index (χ2n) is 6.48. The van der Waals surface area contributed by atoms with E-state index in [1.54, 1.807) is 24.5 Å². The van der Waals surface area contributed by atoms with Crippen LogP contribution in [0.2, 0.25) is 0 Å². The smallest absolute Gasteiger partial charge is 0.254 e. The maximum atomic E-state index is 13.1. The molecule has 1 unspecified atom stereocenters. The quantitative estimate of drug-likeness (QED) is 0.604. The van der Waals surface area contributed by atoms with Crippen molar-refractivity contribution in [1.82, 2.24) is 4.90 Å². The molecule has 1 amide bonds. The highest BCUT2D eigenvalue weighted by Crippen LogP contribution is 2.15. The SMILES string of the molecule is CCCCCN(Cc1ccc(F)cc1)C(=O)c1cccc(CS(C)=O)c1. The van der Waals surface area contributed by atoms with E-state index in [1.807, 2.05) is 23.1 Å². The van der Waals surface area contributed by atoms with Gasteiger partial charge in [0.1, 0.15) is 5.82 Å². The van der Waals surface area contributed by atoms with Crippen molar-refractivity contribution in [3.8, 4) is 0 Å². The molecule has 140 valence electrons.